The summed E-state index contributed by atoms with van der Waals surface area (Å²) >= 11 is 3.51. The Balaban J connectivity index is 2.11. The minimum absolute atomic E-state index is 0.600. The second-order valence-corrected chi connectivity index (χ2v) is 5.68. The maximum atomic E-state index is 5.93. The van der Waals surface area contributed by atoms with Gasteiger partial charge in [-0.25, -0.2) is 0 Å². The maximum Gasteiger partial charge on any atom is 0.124 e. The molecule has 0 aliphatic carbocycles. The highest BCUT2D eigenvalue weighted by molar-refractivity contribution is 9.10. The van der Waals surface area contributed by atoms with Crippen molar-refractivity contribution < 1.29 is 4.74 Å². The zero-order valence-corrected chi connectivity index (χ0v) is 12.9. The van der Waals surface area contributed by atoms with E-state index in [1.165, 1.54) is 11.1 Å². The molecule has 0 radical (unpaired) electrons. The Bertz CT molecular complexity index is 526. The zero-order valence-electron chi connectivity index (χ0n) is 11.3. The van der Waals surface area contributed by atoms with Crippen LogP contribution in [0.1, 0.15) is 11.1 Å². The molecule has 0 saturated heterocycles. The lowest BCUT2D eigenvalue weighted by atomic mass is 10.2. The Morgan fingerprint density at radius 3 is 2.47 bits per heavy atom. The van der Waals surface area contributed by atoms with E-state index in [4.69, 9.17) is 4.74 Å². The standard InChI is InChI=1S/C16H18BrNO/c1-18(2)11-14-10-15(17)8-9-16(14)19-12-13-6-4-3-5-7-13/h3-10H,11-12H2,1-2H3. The smallest absolute Gasteiger partial charge is 0.124 e. The predicted octanol–water partition coefficient (Wildman–Crippen LogP) is 4.09. The first-order valence-electron chi connectivity index (χ1n) is 6.25. The number of benzene rings is 2. The fourth-order valence-electron chi connectivity index (χ4n) is 1.89. The number of rotatable bonds is 5. The Morgan fingerprint density at radius 2 is 1.79 bits per heavy atom. The van der Waals surface area contributed by atoms with E-state index < -0.39 is 0 Å². The van der Waals surface area contributed by atoms with Gasteiger partial charge in [-0.15, -0.1) is 0 Å². The van der Waals surface area contributed by atoms with Crippen LogP contribution in [0.3, 0.4) is 0 Å². The van der Waals surface area contributed by atoms with E-state index in [2.05, 4.69) is 53.1 Å². The van der Waals surface area contributed by atoms with E-state index >= 15 is 0 Å². The third kappa shape index (κ3) is 4.37. The number of nitrogens with zero attached hydrogens (tertiary/aromatic N) is 1. The number of hydrogen-bond acceptors (Lipinski definition) is 2. The summed E-state index contributed by atoms with van der Waals surface area (Å²) < 4.78 is 7.01. The van der Waals surface area contributed by atoms with Gasteiger partial charge in [0.25, 0.3) is 0 Å². The molecular weight excluding hydrogens is 302 g/mol. The highest BCUT2D eigenvalue weighted by Gasteiger charge is 2.06. The molecule has 0 fully saturated rings. The summed E-state index contributed by atoms with van der Waals surface area (Å²) in [6.07, 6.45) is 0. The van der Waals surface area contributed by atoms with Crippen LogP contribution in [0.2, 0.25) is 0 Å². The van der Waals surface area contributed by atoms with E-state index in [0.29, 0.717) is 6.61 Å². The fourth-order valence-corrected chi connectivity index (χ4v) is 2.30. The normalized spacial score (nSPS) is 10.7. The summed E-state index contributed by atoms with van der Waals surface area (Å²) in [4.78, 5) is 2.14. The maximum absolute atomic E-state index is 5.93. The summed E-state index contributed by atoms with van der Waals surface area (Å²) in [6.45, 7) is 1.46. The molecule has 2 aromatic carbocycles. The van der Waals surface area contributed by atoms with Crippen LogP contribution in [0, 0.1) is 0 Å². The molecule has 3 heteroatoms. The summed E-state index contributed by atoms with van der Waals surface area (Å²) in [5, 5.41) is 0. The van der Waals surface area contributed by atoms with Gasteiger partial charge >= 0.3 is 0 Å². The van der Waals surface area contributed by atoms with E-state index in [1.807, 2.05) is 30.3 Å². The molecule has 2 aromatic rings. The SMILES string of the molecule is CN(C)Cc1cc(Br)ccc1OCc1ccccc1. The van der Waals surface area contributed by atoms with E-state index in [9.17, 15) is 0 Å². The Morgan fingerprint density at radius 1 is 1.05 bits per heavy atom. The Kier molecular flexibility index (Phi) is 5.00. The average Bonchev–Trinajstić information content (AvgIpc) is 2.38. The van der Waals surface area contributed by atoms with E-state index in [0.717, 1.165) is 16.8 Å². The molecule has 0 bridgehead atoms. The van der Waals surface area contributed by atoms with Gasteiger partial charge in [-0.2, -0.15) is 0 Å². The van der Waals surface area contributed by atoms with Gasteiger partial charge in [0.2, 0.25) is 0 Å². The van der Waals surface area contributed by atoms with Crippen molar-refractivity contribution in [2.45, 2.75) is 13.2 Å². The van der Waals surface area contributed by atoms with Gasteiger partial charge in [0.15, 0.2) is 0 Å². The van der Waals surface area contributed by atoms with Gasteiger partial charge in [0.1, 0.15) is 12.4 Å². The van der Waals surface area contributed by atoms with Crippen LogP contribution in [0.4, 0.5) is 0 Å². The Hall–Kier alpha value is -1.32. The van der Waals surface area contributed by atoms with Crippen molar-refractivity contribution in [2.75, 3.05) is 14.1 Å². The van der Waals surface area contributed by atoms with Gasteiger partial charge in [-0.3, -0.25) is 0 Å². The summed E-state index contributed by atoms with van der Waals surface area (Å²) in [7, 11) is 4.11. The summed E-state index contributed by atoms with van der Waals surface area (Å²) in [5.74, 6) is 0.945. The largest absolute Gasteiger partial charge is 0.489 e. The fraction of sp³-hybridized carbons (Fsp3) is 0.250. The highest BCUT2D eigenvalue weighted by Crippen LogP contribution is 2.25. The van der Waals surface area contributed by atoms with Crippen molar-refractivity contribution in [3.05, 3.63) is 64.1 Å². The molecule has 0 saturated carbocycles. The van der Waals surface area contributed by atoms with Crippen LogP contribution in [0.5, 0.6) is 5.75 Å². The number of ether oxygens (including phenoxy) is 1. The first-order chi connectivity index (χ1) is 9.15. The molecule has 0 amide bonds. The molecule has 0 aliphatic rings. The van der Waals surface area contributed by atoms with Crippen LogP contribution in [0.25, 0.3) is 0 Å². The lowest BCUT2D eigenvalue weighted by Crippen LogP contribution is -2.12. The predicted molar refractivity (Wildman–Crippen MR) is 82.3 cm³/mol. The first kappa shape index (κ1) is 14.1. The van der Waals surface area contributed by atoms with Crippen molar-refractivity contribution in [2.24, 2.45) is 0 Å². The van der Waals surface area contributed by atoms with Crippen LogP contribution in [0.15, 0.2) is 53.0 Å². The Labute approximate surface area is 123 Å². The van der Waals surface area contributed by atoms with Gasteiger partial charge in [-0.1, -0.05) is 46.3 Å². The van der Waals surface area contributed by atoms with Gasteiger partial charge in [0.05, 0.1) is 0 Å². The summed E-state index contributed by atoms with van der Waals surface area (Å²) in [6, 6.07) is 16.4. The van der Waals surface area contributed by atoms with Crippen molar-refractivity contribution in [1.29, 1.82) is 0 Å². The lowest BCUT2D eigenvalue weighted by Gasteiger charge is -2.15. The second-order valence-electron chi connectivity index (χ2n) is 4.76. The molecule has 0 unspecified atom stereocenters. The summed E-state index contributed by atoms with van der Waals surface area (Å²) in [5.41, 5.74) is 2.37. The highest BCUT2D eigenvalue weighted by atomic mass is 79.9. The number of halogens is 1. The van der Waals surface area contributed by atoms with Gasteiger partial charge < -0.3 is 9.64 Å². The molecule has 0 spiro atoms. The van der Waals surface area contributed by atoms with Crippen LogP contribution < -0.4 is 4.74 Å². The van der Waals surface area contributed by atoms with Gasteiger partial charge in [-0.05, 0) is 37.9 Å². The monoisotopic (exact) mass is 319 g/mol. The van der Waals surface area contributed by atoms with Crippen LogP contribution in [-0.4, -0.2) is 19.0 Å². The first-order valence-corrected chi connectivity index (χ1v) is 7.04. The molecule has 2 rings (SSSR count). The molecule has 0 aromatic heterocycles. The van der Waals surface area contributed by atoms with E-state index in [-0.39, 0.29) is 0 Å². The van der Waals surface area contributed by atoms with Crippen molar-refractivity contribution >= 4 is 15.9 Å². The molecule has 19 heavy (non-hydrogen) atoms. The zero-order chi connectivity index (χ0) is 13.7. The quantitative estimate of drug-likeness (QED) is 0.823. The van der Waals surface area contributed by atoms with Crippen molar-refractivity contribution in [1.82, 2.24) is 4.90 Å². The van der Waals surface area contributed by atoms with Crippen molar-refractivity contribution in [3.63, 3.8) is 0 Å². The molecule has 0 aliphatic heterocycles. The molecule has 2 nitrogen and oxygen atoms in total. The molecular formula is C16H18BrNO. The lowest BCUT2D eigenvalue weighted by molar-refractivity contribution is 0.295. The minimum atomic E-state index is 0.600. The second kappa shape index (κ2) is 6.73. The van der Waals surface area contributed by atoms with Gasteiger partial charge in [0, 0.05) is 16.6 Å². The van der Waals surface area contributed by atoms with Crippen LogP contribution in [-0.2, 0) is 13.2 Å². The van der Waals surface area contributed by atoms with Crippen LogP contribution >= 0.6 is 15.9 Å². The molecule has 100 valence electrons. The molecule has 0 heterocycles. The third-order valence-electron chi connectivity index (χ3n) is 2.75. The molecule has 0 atom stereocenters. The third-order valence-corrected chi connectivity index (χ3v) is 3.24. The number of hydrogen-bond donors (Lipinski definition) is 0. The molecule has 0 N–H and O–H groups in total. The topological polar surface area (TPSA) is 12.5 Å². The van der Waals surface area contributed by atoms with Crippen molar-refractivity contribution in [3.8, 4) is 5.75 Å². The van der Waals surface area contributed by atoms with E-state index in [1.54, 1.807) is 0 Å². The average molecular weight is 320 g/mol. The minimum Gasteiger partial charge on any atom is -0.489 e.